The van der Waals surface area contributed by atoms with E-state index in [2.05, 4.69) is 31.8 Å². The molecule has 0 fully saturated rings. The zero-order chi connectivity index (χ0) is 23.8. The van der Waals surface area contributed by atoms with Crippen LogP contribution < -0.4 is 25.0 Å². The Bertz CT molecular complexity index is 1170. The van der Waals surface area contributed by atoms with Gasteiger partial charge in [0.1, 0.15) is 17.2 Å². The molecule has 0 atom stereocenters. The number of hydrogen-bond donors (Lipinski definition) is 2. The van der Waals surface area contributed by atoms with Crippen LogP contribution in [0.3, 0.4) is 0 Å². The van der Waals surface area contributed by atoms with E-state index in [-0.39, 0.29) is 5.56 Å². The van der Waals surface area contributed by atoms with Gasteiger partial charge in [-0.1, -0.05) is 12.1 Å². The lowest BCUT2D eigenvalue weighted by atomic mass is 10.1. The van der Waals surface area contributed by atoms with Gasteiger partial charge in [0.25, 0.3) is 11.8 Å². The van der Waals surface area contributed by atoms with Crippen LogP contribution >= 0.6 is 15.9 Å². The van der Waals surface area contributed by atoms with Crippen LogP contribution in [0.15, 0.2) is 70.2 Å². The smallest absolute Gasteiger partial charge is 0.273 e. The normalized spacial score (nSPS) is 10.5. The van der Waals surface area contributed by atoms with Crippen molar-refractivity contribution in [3.05, 3.63) is 81.8 Å². The average molecular weight is 512 g/mol. The highest BCUT2D eigenvalue weighted by Gasteiger charge is 2.15. The molecule has 3 aromatic rings. The van der Waals surface area contributed by atoms with Gasteiger partial charge in [-0.2, -0.15) is 5.10 Å². The molecule has 0 radical (unpaired) electrons. The van der Waals surface area contributed by atoms with Gasteiger partial charge in [-0.25, -0.2) is 5.43 Å². The molecule has 0 saturated heterocycles. The van der Waals surface area contributed by atoms with Crippen molar-refractivity contribution in [2.45, 2.75) is 0 Å². The number of nitrogens with one attached hydrogen (secondary N) is 2. The van der Waals surface area contributed by atoms with E-state index in [0.717, 1.165) is 10.0 Å². The Balaban J connectivity index is 1.74. The van der Waals surface area contributed by atoms with Crippen LogP contribution in [0, 0.1) is 0 Å². The fourth-order valence-electron chi connectivity index (χ4n) is 2.91. The number of rotatable bonds is 8. The molecule has 0 unspecified atom stereocenters. The first-order chi connectivity index (χ1) is 15.9. The van der Waals surface area contributed by atoms with E-state index in [1.165, 1.54) is 20.4 Å². The molecule has 0 aromatic heterocycles. The molecule has 3 rings (SSSR count). The summed E-state index contributed by atoms with van der Waals surface area (Å²) >= 11 is 3.40. The average Bonchev–Trinajstić information content (AvgIpc) is 2.84. The molecule has 8 nitrogen and oxygen atoms in total. The molecule has 2 N–H and O–H groups in total. The van der Waals surface area contributed by atoms with E-state index in [4.69, 9.17) is 14.2 Å². The van der Waals surface area contributed by atoms with Crippen molar-refractivity contribution in [2.75, 3.05) is 26.6 Å². The van der Waals surface area contributed by atoms with Crippen molar-refractivity contribution < 1.29 is 23.8 Å². The summed E-state index contributed by atoms with van der Waals surface area (Å²) in [4.78, 5) is 25.5. The molecular formula is C24H22BrN3O5. The number of carbonyl (C=O) groups excluding carboxylic acids is 2. The number of carbonyl (C=O) groups is 2. The highest BCUT2D eigenvalue weighted by molar-refractivity contribution is 9.10. The SMILES string of the molecule is COc1cc(OC)cc(C(=O)Nc2ccccc2C(=O)NN=Cc2ccc(OC)c(Br)c2)c1. The summed E-state index contributed by atoms with van der Waals surface area (Å²) in [5.74, 6) is 0.751. The Morgan fingerprint density at radius 3 is 2.21 bits per heavy atom. The first-order valence-corrected chi connectivity index (χ1v) is 10.5. The Labute approximate surface area is 199 Å². The van der Waals surface area contributed by atoms with Crippen LogP contribution in [0.2, 0.25) is 0 Å². The first-order valence-electron chi connectivity index (χ1n) is 9.75. The number of ether oxygens (including phenoxy) is 3. The maximum absolute atomic E-state index is 12.8. The maximum Gasteiger partial charge on any atom is 0.273 e. The number of hydrogen-bond acceptors (Lipinski definition) is 6. The molecule has 3 aromatic carbocycles. The third-order valence-corrected chi connectivity index (χ3v) is 5.21. The molecule has 0 aliphatic rings. The van der Waals surface area contributed by atoms with Gasteiger partial charge in [0.15, 0.2) is 0 Å². The van der Waals surface area contributed by atoms with E-state index in [9.17, 15) is 9.59 Å². The summed E-state index contributed by atoms with van der Waals surface area (Å²) in [6.07, 6.45) is 1.51. The van der Waals surface area contributed by atoms with Crippen LogP contribution in [0.1, 0.15) is 26.3 Å². The van der Waals surface area contributed by atoms with Gasteiger partial charge in [0.05, 0.1) is 43.3 Å². The number of hydrazone groups is 1. The van der Waals surface area contributed by atoms with E-state index >= 15 is 0 Å². The summed E-state index contributed by atoms with van der Waals surface area (Å²) < 4.78 is 16.4. The van der Waals surface area contributed by atoms with Gasteiger partial charge >= 0.3 is 0 Å². The second-order valence-electron chi connectivity index (χ2n) is 6.69. The fraction of sp³-hybridized carbons (Fsp3) is 0.125. The summed E-state index contributed by atoms with van der Waals surface area (Å²) in [7, 11) is 4.58. The summed E-state index contributed by atoms with van der Waals surface area (Å²) in [5.41, 5.74) is 4.16. The van der Waals surface area contributed by atoms with Crippen LogP contribution in [0.5, 0.6) is 17.2 Å². The number of methoxy groups -OCH3 is 3. The second-order valence-corrected chi connectivity index (χ2v) is 7.55. The standard InChI is InChI=1S/C24H22BrN3O5/c1-31-17-11-16(12-18(13-17)32-2)23(29)27-21-7-5-4-6-19(21)24(30)28-26-14-15-8-9-22(33-3)20(25)10-15/h4-14H,1-3H3,(H,27,29)(H,28,30). The predicted molar refractivity (Wildman–Crippen MR) is 130 cm³/mol. The lowest BCUT2D eigenvalue weighted by Crippen LogP contribution is -2.21. The minimum Gasteiger partial charge on any atom is -0.497 e. The topological polar surface area (TPSA) is 98.2 Å². The molecule has 2 amide bonds. The lowest BCUT2D eigenvalue weighted by molar-refractivity contribution is 0.0956. The van der Waals surface area contributed by atoms with Gasteiger partial charge in [-0.3, -0.25) is 9.59 Å². The summed E-state index contributed by atoms with van der Waals surface area (Å²) in [6.45, 7) is 0. The van der Waals surface area contributed by atoms with Crippen LogP contribution in [-0.2, 0) is 0 Å². The number of benzene rings is 3. The van der Waals surface area contributed by atoms with Crippen LogP contribution in [0.4, 0.5) is 5.69 Å². The largest absolute Gasteiger partial charge is 0.497 e. The molecule has 170 valence electrons. The zero-order valence-electron chi connectivity index (χ0n) is 18.2. The van der Waals surface area contributed by atoms with Crippen LogP contribution in [-0.4, -0.2) is 39.4 Å². The predicted octanol–water partition coefficient (Wildman–Crippen LogP) is 4.49. The molecule has 0 bridgehead atoms. The first kappa shape index (κ1) is 23.8. The van der Waals surface area contributed by atoms with Gasteiger partial charge in [0, 0.05) is 11.6 Å². The molecule has 0 spiro atoms. The fourth-order valence-corrected chi connectivity index (χ4v) is 3.47. The Hall–Kier alpha value is -3.85. The Kier molecular flexibility index (Phi) is 8.04. The van der Waals surface area contributed by atoms with Crippen molar-refractivity contribution in [3.63, 3.8) is 0 Å². The number of para-hydroxylation sites is 1. The minimum absolute atomic E-state index is 0.258. The molecular weight excluding hydrogens is 490 g/mol. The van der Waals surface area contributed by atoms with Crippen molar-refractivity contribution >= 4 is 39.6 Å². The molecule has 0 aliphatic carbocycles. The molecule has 0 heterocycles. The van der Waals surface area contributed by atoms with E-state index in [0.29, 0.717) is 28.5 Å². The highest BCUT2D eigenvalue weighted by Crippen LogP contribution is 2.25. The zero-order valence-corrected chi connectivity index (χ0v) is 19.8. The number of anilines is 1. The monoisotopic (exact) mass is 511 g/mol. The number of nitrogens with zero attached hydrogens (tertiary/aromatic N) is 1. The quantitative estimate of drug-likeness (QED) is 0.343. The van der Waals surface area contributed by atoms with E-state index in [1.54, 1.807) is 61.7 Å². The molecule has 0 saturated carbocycles. The second kappa shape index (κ2) is 11.1. The van der Waals surface area contributed by atoms with Gasteiger partial charge in [-0.15, -0.1) is 0 Å². The van der Waals surface area contributed by atoms with Crippen LogP contribution in [0.25, 0.3) is 0 Å². The van der Waals surface area contributed by atoms with E-state index in [1.807, 2.05) is 6.07 Å². The van der Waals surface area contributed by atoms with Crippen molar-refractivity contribution in [1.29, 1.82) is 0 Å². The third-order valence-electron chi connectivity index (χ3n) is 4.59. The van der Waals surface area contributed by atoms with Crippen molar-refractivity contribution in [3.8, 4) is 17.2 Å². The number of halogens is 1. The molecule has 33 heavy (non-hydrogen) atoms. The maximum atomic E-state index is 12.8. The van der Waals surface area contributed by atoms with Crippen molar-refractivity contribution in [2.24, 2.45) is 5.10 Å². The van der Waals surface area contributed by atoms with Gasteiger partial charge in [0.2, 0.25) is 0 Å². The van der Waals surface area contributed by atoms with E-state index < -0.39 is 11.8 Å². The summed E-state index contributed by atoms with van der Waals surface area (Å²) in [5, 5.41) is 6.76. The van der Waals surface area contributed by atoms with Crippen molar-refractivity contribution in [1.82, 2.24) is 5.43 Å². The molecule has 0 aliphatic heterocycles. The van der Waals surface area contributed by atoms with Gasteiger partial charge < -0.3 is 19.5 Å². The summed E-state index contributed by atoms with van der Waals surface area (Å²) in [6, 6.07) is 16.9. The Morgan fingerprint density at radius 2 is 1.58 bits per heavy atom. The minimum atomic E-state index is -0.474. The molecule has 9 heteroatoms. The highest BCUT2D eigenvalue weighted by atomic mass is 79.9. The number of amides is 2. The Morgan fingerprint density at radius 1 is 0.879 bits per heavy atom. The third kappa shape index (κ3) is 6.11. The van der Waals surface area contributed by atoms with Gasteiger partial charge in [-0.05, 0) is 64.0 Å². The lowest BCUT2D eigenvalue weighted by Gasteiger charge is -2.12.